The summed E-state index contributed by atoms with van der Waals surface area (Å²) in [6.45, 7) is 0.508. The minimum absolute atomic E-state index is 0.163. The smallest absolute Gasteiger partial charge is 0.240 e. The largest absolute Gasteiger partial charge is 0.385 e. The number of anilines is 2. The van der Waals surface area contributed by atoms with E-state index in [1.807, 2.05) is 42.5 Å². The van der Waals surface area contributed by atoms with E-state index < -0.39 is 0 Å². The Morgan fingerprint density at radius 2 is 1.65 bits per heavy atom. The molecular formula is C16H17ClN4OS. The molecule has 0 unspecified atom stereocenters. The second-order valence-electron chi connectivity index (χ2n) is 4.68. The van der Waals surface area contributed by atoms with Crippen molar-refractivity contribution in [3.63, 3.8) is 0 Å². The molecule has 0 atom stereocenters. The lowest BCUT2D eigenvalue weighted by Gasteiger charge is -2.12. The van der Waals surface area contributed by atoms with Gasteiger partial charge in [0.2, 0.25) is 5.91 Å². The van der Waals surface area contributed by atoms with Crippen molar-refractivity contribution in [3.05, 3.63) is 59.6 Å². The number of carbonyl (C=O) groups excluding carboxylic acids is 1. The highest BCUT2D eigenvalue weighted by atomic mass is 35.5. The Balaban J connectivity index is 1.63. The van der Waals surface area contributed by atoms with Gasteiger partial charge in [0.1, 0.15) is 0 Å². The van der Waals surface area contributed by atoms with Crippen molar-refractivity contribution >= 4 is 46.2 Å². The molecule has 0 aliphatic carbocycles. The van der Waals surface area contributed by atoms with E-state index in [1.54, 1.807) is 12.1 Å². The van der Waals surface area contributed by atoms with Crippen LogP contribution >= 0.6 is 23.8 Å². The molecule has 7 heteroatoms. The second-order valence-corrected chi connectivity index (χ2v) is 5.52. The minimum Gasteiger partial charge on any atom is -0.385 e. The molecule has 0 aromatic heterocycles. The van der Waals surface area contributed by atoms with E-state index in [9.17, 15) is 4.79 Å². The molecule has 120 valence electrons. The van der Waals surface area contributed by atoms with Crippen molar-refractivity contribution < 1.29 is 4.79 Å². The molecule has 0 spiro atoms. The maximum atomic E-state index is 11.7. The third kappa shape index (κ3) is 6.54. The number of rotatable bonds is 5. The fraction of sp³-hybridized carbons (Fsp3) is 0.125. The van der Waals surface area contributed by atoms with Gasteiger partial charge in [-0.3, -0.25) is 15.6 Å². The maximum absolute atomic E-state index is 11.7. The van der Waals surface area contributed by atoms with Crippen molar-refractivity contribution in [1.82, 2.24) is 10.9 Å². The van der Waals surface area contributed by atoms with Gasteiger partial charge in [0.25, 0.3) is 0 Å². The summed E-state index contributed by atoms with van der Waals surface area (Å²) in [7, 11) is 0. The number of thiocarbonyl (C=S) groups is 1. The number of nitrogens with one attached hydrogen (secondary N) is 4. The highest BCUT2D eigenvalue weighted by molar-refractivity contribution is 7.80. The first-order valence-electron chi connectivity index (χ1n) is 7.04. The van der Waals surface area contributed by atoms with Crippen LogP contribution < -0.4 is 21.5 Å². The van der Waals surface area contributed by atoms with E-state index in [2.05, 4.69) is 21.5 Å². The quantitative estimate of drug-likeness (QED) is 0.494. The minimum atomic E-state index is -0.163. The Labute approximate surface area is 145 Å². The molecule has 2 aromatic carbocycles. The lowest BCUT2D eigenvalue weighted by molar-refractivity contribution is -0.121. The zero-order valence-corrected chi connectivity index (χ0v) is 13.9. The van der Waals surface area contributed by atoms with Gasteiger partial charge in [-0.25, -0.2) is 0 Å². The highest BCUT2D eigenvalue weighted by Crippen LogP contribution is 2.13. The van der Waals surface area contributed by atoms with Crippen molar-refractivity contribution in [1.29, 1.82) is 0 Å². The third-order valence-electron chi connectivity index (χ3n) is 2.87. The average molecular weight is 349 g/mol. The van der Waals surface area contributed by atoms with E-state index in [1.165, 1.54) is 0 Å². The third-order valence-corrected chi connectivity index (χ3v) is 3.33. The average Bonchev–Trinajstić information content (AvgIpc) is 2.56. The maximum Gasteiger partial charge on any atom is 0.240 e. The topological polar surface area (TPSA) is 65.2 Å². The van der Waals surface area contributed by atoms with Gasteiger partial charge in [-0.1, -0.05) is 29.8 Å². The Bertz CT molecular complexity index is 649. The highest BCUT2D eigenvalue weighted by Gasteiger charge is 2.02. The lowest BCUT2D eigenvalue weighted by Crippen LogP contribution is -2.44. The van der Waals surface area contributed by atoms with Crippen LogP contribution in [0.25, 0.3) is 0 Å². The molecule has 0 saturated heterocycles. The van der Waals surface area contributed by atoms with Crippen molar-refractivity contribution in [2.75, 3.05) is 17.2 Å². The SMILES string of the molecule is O=C(CCNc1ccc(Cl)cc1)NNC(=S)Nc1ccccc1. The monoisotopic (exact) mass is 348 g/mol. The van der Waals surface area contributed by atoms with Crippen LogP contribution in [0.4, 0.5) is 11.4 Å². The Morgan fingerprint density at radius 1 is 0.957 bits per heavy atom. The summed E-state index contributed by atoms with van der Waals surface area (Å²) in [5.74, 6) is -0.163. The number of hydrogen-bond donors (Lipinski definition) is 4. The van der Waals surface area contributed by atoms with Crippen LogP contribution in [0, 0.1) is 0 Å². The van der Waals surface area contributed by atoms with E-state index in [4.69, 9.17) is 23.8 Å². The molecular weight excluding hydrogens is 332 g/mol. The van der Waals surface area contributed by atoms with Gasteiger partial charge in [-0.2, -0.15) is 0 Å². The summed E-state index contributed by atoms with van der Waals surface area (Å²) < 4.78 is 0. The molecule has 0 bridgehead atoms. The standard InChI is InChI=1S/C16H17ClN4OS/c17-12-6-8-13(9-7-12)18-11-10-15(22)20-21-16(23)19-14-4-2-1-3-5-14/h1-9,18H,10-11H2,(H,20,22)(H2,19,21,23). The van der Waals surface area contributed by atoms with Gasteiger partial charge in [0.15, 0.2) is 5.11 Å². The van der Waals surface area contributed by atoms with Crippen LogP contribution in [0.3, 0.4) is 0 Å². The molecule has 0 saturated carbocycles. The van der Waals surface area contributed by atoms with Crippen molar-refractivity contribution in [2.24, 2.45) is 0 Å². The number of halogens is 1. The normalized spacial score (nSPS) is 9.78. The van der Waals surface area contributed by atoms with E-state index in [0.29, 0.717) is 23.1 Å². The van der Waals surface area contributed by atoms with Gasteiger partial charge in [0, 0.05) is 29.4 Å². The molecule has 0 aliphatic rings. The summed E-state index contributed by atoms with van der Waals surface area (Å²) in [6, 6.07) is 16.8. The van der Waals surface area contributed by atoms with E-state index in [0.717, 1.165) is 11.4 Å². The second kappa shape index (κ2) is 8.97. The summed E-state index contributed by atoms with van der Waals surface area (Å²) >= 11 is 10.9. The predicted molar refractivity (Wildman–Crippen MR) is 98.5 cm³/mol. The van der Waals surface area contributed by atoms with Gasteiger partial charge in [-0.05, 0) is 48.6 Å². The molecule has 0 aliphatic heterocycles. The summed E-state index contributed by atoms with van der Waals surface area (Å²) in [6.07, 6.45) is 0.309. The first-order valence-corrected chi connectivity index (χ1v) is 7.82. The molecule has 4 N–H and O–H groups in total. The van der Waals surface area contributed by atoms with Crippen LogP contribution in [-0.2, 0) is 4.79 Å². The fourth-order valence-corrected chi connectivity index (χ4v) is 2.06. The van der Waals surface area contributed by atoms with E-state index in [-0.39, 0.29) is 5.91 Å². The molecule has 2 rings (SSSR count). The summed E-state index contributed by atoms with van der Waals surface area (Å²) in [5, 5.41) is 7.10. The number of para-hydroxylation sites is 1. The van der Waals surface area contributed by atoms with Crippen LogP contribution in [0.15, 0.2) is 54.6 Å². The summed E-state index contributed by atoms with van der Waals surface area (Å²) in [4.78, 5) is 11.7. The number of carbonyl (C=O) groups is 1. The molecule has 0 heterocycles. The molecule has 5 nitrogen and oxygen atoms in total. The molecule has 1 amide bonds. The number of benzene rings is 2. The predicted octanol–water partition coefficient (Wildman–Crippen LogP) is 3.16. The first kappa shape index (κ1) is 17.1. The van der Waals surface area contributed by atoms with Gasteiger partial charge in [0.05, 0.1) is 0 Å². The fourth-order valence-electron chi connectivity index (χ4n) is 1.76. The van der Waals surface area contributed by atoms with Crippen molar-refractivity contribution in [3.8, 4) is 0 Å². The van der Waals surface area contributed by atoms with Crippen LogP contribution in [0.5, 0.6) is 0 Å². The van der Waals surface area contributed by atoms with E-state index >= 15 is 0 Å². The van der Waals surface area contributed by atoms with Crippen molar-refractivity contribution in [2.45, 2.75) is 6.42 Å². The Kier molecular flexibility index (Phi) is 6.65. The Hall–Kier alpha value is -2.31. The summed E-state index contributed by atoms with van der Waals surface area (Å²) in [5.41, 5.74) is 6.97. The van der Waals surface area contributed by atoms with Crippen LogP contribution in [0.1, 0.15) is 6.42 Å². The number of amides is 1. The van der Waals surface area contributed by atoms with Crippen LogP contribution in [-0.4, -0.2) is 17.6 Å². The van der Waals surface area contributed by atoms with Gasteiger partial charge >= 0.3 is 0 Å². The number of hydrazine groups is 1. The van der Waals surface area contributed by atoms with Crippen LogP contribution in [0.2, 0.25) is 5.02 Å². The molecule has 0 radical (unpaired) electrons. The van der Waals surface area contributed by atoms with Gasteiger partial charge in [-0.15, -0.1) is 0 Å². The molecule has 2 aromatic rings. The molecule has 23 heavy (non-hydrogen) atoms. The molecule has 0 fully saturated rings. The zero-order chi connectivity index (χ0) is 16.5. The first-order chi connectivity index (χ1) is 11.1. The Morgan fingerprint density at radius 3 is 2.35 bits per heavy atom. The van der Waals surface area contributed by atoms with Gasteiger partial charge < -0.3 is 10.6 Å². The zero-order valence-electron chi connectivity index (χ0n) is 12.3. The number of hydrogen-bond acceptors (Lipinski definition) is 3. The lowest BCUT2D eigenvalue weighted by atomic mass is 10.3.